The van der Waals surface area contributed by atoms with E-state index in [0.29, 0.717) is 16.3 Å². The van der Waals surface area contributed by atoms with Crippen molar-refractivity contribution >= 4 is 21.7 Å². The first kappa shape index (κ1) is 10.6. The molecule has 1 saturated heterocycles. The van der Waals surface area contributed by atoms with Gasteiger partial charge in [-0.05, 0) is 28.8 Å². The maximum Gasteiger partial charge on any atom is 0.267 e. The second-order valence-electron chi connectivity index (χ2n) is 3.43. The minimum atomic E-state index is -0.167. The summed E-state index contributed by atoms with van der Waals surface area (Å²) in [5, 5.41) is 3.23. The Kier molecular flexibility index (Phi) is 3.37. The smallest absolute Gasteiger partial charge is 0.267 e. The van der Waals surface area contributed by atoms with Crippen molar-refractivity contribution < 1.29 is 4.74 Å². The Morgan fingerprint density at radius 1 is 1.53 bits per heavy atom. The van der Waals surface area contributed by atoms with Gasteiger partial charge in [0.05, 0.1) is 6.33 Å². The largest absolute Gasteiger partial charge is 0.381 e. The fourth-order valence-electron chi connectivity index (χ4n) is 1.52. The van der Waals surface area contributed by atoms with Crippen LogP contribution in [0.1, 0.15) is 12.8 Å². The molecule has 0 saturated carbocycles. The van der Waals surface area contributed by atoms with Gasteiger partial charge in [0, 0.05) is 19.3 Å². The van der Waals surface area contributed by atoms with E-state index in [1.807, 2.05) is 0 Å². The number of aromatic amines is 1. The number of ether oxygens (including phenoxy) is 1. The second kappa shape index (κ2) is 4.76. The van der Waals surface area contributed by atoms with Gasteiger partial charge >= 0.3 is 0 Å². The summed E-state index contributed by atoms with van der Waals surface area (Å²) in [4.78, 5) is 17.9. The quantitative estimate of drug-likeness (QED) is 0.848. The van der Waals surface area contributed by atoms with Crippen LogP contribution < -0.4 is 10.9 Å². The highest BCUT2D eigenvalue weighted by molar-refractivity contribution is 9.10. The molecule has 2 N–H and O–H groups in total. The van der Waals surface area contributed by atoms with Crippen LogP contribution in [0.25, 0.3) is 0 Å². The summed E-state index contributed by atoms with van der Waals surface area (Å²) in [5.74, 6) is 0.602. The molecule has 0 amide bonds. The van der Waals surface area contributed by atoms with Gasteiger partial charge in [0.15, 0.2) is 0 Å². The predicted molar refractivity (Wildman–Crippen MR) is 60.0 cm³/mol. The Balaban J connectivity index is 2.09. The Morgan fingerprint density at radius 3 is 3.00 bits per heavy atom. The van der Waals surface area contributed by atoms with Gasteiger partial charge in [-0.2, -0.15) is 0 Å². The highest BCUT2D eigenvalue weighted by Crippen LogP contribution is 2.17. The van der Waals surface area contributed by atoms with Crippen LogP contribution in [0.2, 0.25) is 0 Å². The molecule has 0 atom stereocenters. The van der Waals surface area contributed by atoms with Crippen molar-refractivity contribution in [1.82, 2.24) is 9.97 Å². The van der Waals surface area contributed by atoms with Crippen LogP contribution in [0.3, 0.4) is 0 Å². The number of halogens is 1. The van der Waals surface area contributed by atoms with E-state index in [9.17, 15) is 4.79 Å². The highest BCUT2D eigenvalue weighted by Gasteiger charge is 2.15. The van der Waals surface area contributed by atoms with Crippen molar-refractivity contribution in [2.45, 2.75) is 18.9 Å². The monoisotopic (exact) mass is 273 g/mol. The minimum absolute atomic E-state index is 0.167. The first-order valence-electron chi connectivity index (χ1n) is 4.85. The van der Waals surface area contributed by atoms with E-state index < -0.39 is 0 Å². The molecule has 6 heteroatoms. The molecule has 0 aromatic carbocycles. The number of hydrogen-bond donors (Lipinski definition) is 2. The fraction of sp³-hybridized carbons (Fsp3) is 0.556. The molecule has 0 radical (unpaired) electrons. The summed E-state index contributed by atoms with van der Waals surface area (Å²) in [7, 11) is 0. The third kappa shape index (κ3) is 2.57. The summed E-state index contributed by atoms with van der Waals surface area (Å²) >= 11 is 3.21. The van der Waals surface area contributed by atoms with E-state index in [1.54, 1.807) is 0 Å². The standard InChI is InChI=1S/C9H12BrN3O2/c10-7-8(11-5-12-9(7)14)13-6-1-3-15-4-2-6/h5-6H,1-4H2,(H2,11,12,13,14). The SMILES string of the molecule is O=c1[nH]cnc(NC2CCOCC2)c1Br. The summed E-state index contributed by atoms with van der Waals surface area (Å²) < 4.78 is 5.71. The fourth-order valence-corrected chi connectivity index (χ4v) is 1.85. The molecule has 15 heavy (non-hydrogen) atoms. The van der Waals surface area contributed by atoms with Gasteiger partial charge in [-0.15, -0.1) is 0 Å². The number of hydrogen-bond acceptors (Lipinski definition) is 4. The van der Waals surface area contributed by atoms with Crippen molar-refractivity contribution in [2.75, 3.05) is 18.5 Å². The summed E-state index contributed by atoms with van der Waals surface area (Å²) in [6.07, 6.45) is 3.29. The van der Waals surface area contributed by atoms with Crippen molar-refractivity contribution in [3.8, 4) is 0 Å². The molecule has 1 aromatic rings. The topological polar surface area (TPSA) is 67.0 Å². The van der Waals surface area contributed by atoms with Crippen molar-refractivity contribution in [1.29, 1.82) is 0 Å². The molecule has 5 nitrogen and oxygen atoms in total. The summed E-state index contributed by atoms with van der Waals surface area (Å²) in [6, 6.07) is 0.337. The van der Waals surface area contributed by atoms with E-state index in [-0.39, 0.29) is 5.56 Å². The van der Waals surface area contributed by atoms with E-state index in [4.69, 9.17) is 4.74 Å². The van der Waals surface area contributed by atoms with E-state index in [1.165, 1.54) is 6.33 Å². The molecule has 2 heterocycles. The predicted octanol–water partition coefficient (Wildman–Crippen LogP) is 1.12. The van der Waals surface area contributed by atoms with Gasteiger partial charge in [-0.25, -0.2) is 4.98 Å². The first-order chi connectivity index (χ1) is 7.27. The number of H-pyrrole nitrogens is 1. The van der Waals surface area contributed by atoms with Crippen LogP contribution in [0.4, 0.5) is 5.82 Å². The minimum Gasteiger partial charge on any atom is -0.381 e. The maximum absolute atomic E-state index is 11.3. The Bertz CT molecular complexity index is 387. The van der Waals surface area contributed by atoms with E-state index >= 15 is 0 Å². The molecular formula is C9H12BrN3O2. The molecule has 1 aliphatic rings. The average Bonchev–Trinajstić information content (AvgIpc) is 2.26. The van der Waals surface area contributed by atoms with Crippen LogP contribution in [0, 0.1) is 0 Å². The van der Waals surface area contributed by atoms with Gasteiger partial charge < -0.3 is 15.0 Å². The lowest BCUT2D eigenvalue weighted by atomic mass is 10.1. The normalized spacial score (nSPS) is 17.7. The van der Waals surface area contributed by atoms with Gasteiger partial charge in [0.25, 0.3) is 5.56 Å². The van der Waals surface area contributed by atoms with Crippen molar-refractivity contribution in [3.63, 3.8) is 0 Å². The van der Waals surface area contributed by atoms with Crippen LogP contribution >= 0.6 is 15.9 Å². The summed E-state index contributed by atoms with van der Waals surface area (Å²) in [5.41, 5.74) is -0.167. The third-order valence-electron chi connectivity index (χ3n) is 2.36. The lowest BCUT2D eigenvalue weighted by Crippen LogP contribution is -2.29. The number of aromatic nitrogens is 2. The molecule has 0 bridgehead atoms. The van der Waals surface area contributed by atoms with Crippen LogP contribution in [-0.2, 0) is 4.74 Å². The zero-order valence-electron chi connectivity index (χ0n) is 8.12. The Hall–Kier alpha value is -0.880. The van der Waals surface area contributed by atoms with Gasteiger partial charge in [0.2, 0.25) is 0 Å². The molecule has 82 valence electrons. The number of nitrogens with one attached hydrogen (secondary N) is 2. The molecule has 2 rings (SSSR count). The zero-order chi connectivity index (χ0) is 10.7. The molecular weight excluding hydrogens is 262 g/mol. The lowest BCUT2D eigenvalue weighted by Gasteiger charge is -2.23. The van der Waals surface area contributed by atoms with Gasteiger partial charge in [0.1, 0.15) is 10.3 Å². The van der Waals surface area contributed by atoms with Crippen molar-refractivity contribution in [2.24, 2.45) is 0 Å². The van der Waals surface area contributed by atoms with Gasteiger partial charge in [-0.1, -0.05) is 0 Å². The Morgan fingerprint density at radius 2 is 2.27 bits per heavy atom. The lowest BCUT2D eigenvalue weighted by molar-refractivity contribution is 0.0903. The van der Waals surface area contributed by atoms with Crippen LogP contribution in [0.5, 0.6) is 0 Å². The first-order valence-corrected chi connectivity index (χ1v) is 5.64. The second-order valence-corrected chi connectivity index (χ2v) is 4.22. The molecule has 0 spiro atoms. The molecule has 1 fully saturated rings. The zero-order valence-corrected chi connectivity index (χ0v) is 9.71. The number of anilines is 1. The number of nitrogens with zero attached hydrogens (tertiary/aromatic N) is 1. The van der Waals surface area contributed by atoms with Gasteiger partial charge in [-0.3, -0.25) is 4.79 Å². The van der Waals surface area contributed by atoms with Crippen LogP contribution in [0.15, 0.2) is 15.6 Å². The van der Waals surface area contributed by atoms with Crippen LogP contribution in [-0.4, -0.2) is 29.2 Å². The van der Waals surface area contributed by atoms with E-state index in [0.717, 1.165) is 26.1 Å². The molecule has 1 aromatic heterocycles. The molecule has 0 aliphatic carbocycles. The van der Waals surface area contributed by atoms with E-state index in [2.05, 4.69) is 31.2 Å². The highest BCUT2D eigenvalue weighted by atomic mass is 79.9. The third-order valence-corrected chi connectivity index (χ3v) is 3.09. The maximum atomic E-state index is 11.3. The molecule has 0 unspecified atom stereocenters. The van der Waals surface area contributed by atoms with Crippen molar-refractivity contribution in [3.05, 3.63) is 21.2 Å². The summed E-state index contributed by atoms with van der Waals surface area (Å²) in [6.45, 7) is 1.52. The average molecular weight is 274 g/mol. The molecule has 1 aliphatic heterocycles. The Labute approximate surface area is 95.4 Å². The number of rotatable bonds is 2.